The van der Waals surface area contributed by atoms with Gasteiger partial charge in [0.05, 0.1) is 6.10 Å². The molecule has 0 aromatic rings. The molecule has 1 unspecified atom stereocenters. The Morgan fingerprint density at radius 1 is 0.944 bits per heavy atom. The van der Waals surface area contributed by atoms with Crippen LogP contribution in [-0.4, -0.2) is 17.0 Å². The van der Waals surface area contributed by atoms with Crippen LogP contribution in [0.25, 0.3) is 0 Å². The van der Waals surface area contributed by atoms with Crippen LogP contribution in [0.4, 0.5) is 0 Å². The highest BCUT2D eigenvalue weighted by atomic mass is 32.1. The minimum atomic E-state index is -0.193. The molecular weight excluding hydrogens is 240 g/mol. The van der Waals surface area contributed by atoms with Gasteiger partial charge < -0.3 is 5.11 Å². The molecular formula is C16H30OS. The van der Waals surface area contributed by atoms with E-state index >= 15 is 0 Å². The van der Waals surface area contributed by atoms with Crippen molar-refractivity contribution in [2.75, 3.05) is 5.75 Å². The first kappa shape index (κ1) is 14.7. The molecule has 0 aliphatic heterocycles. The number of thiol groups is 1. The van der Waals surface area contributed by atoms with Gasteiger partial charge in [0.15, 0.2) is 0 Å². The van der Waals surface area contributed by atoms with Crippen LogP contribution in [-0.2, 0) is 0 Å². The van der Waals surface area contributed by atoms with Gasteiger partial charge in [-0.15, -0.1) is 0 Å². The van der Waals surface area contributed by atoms with Crippen molar-refractivity contribution in [3.8, 4) is 0 Å². The Kier molecular flexibility index (Phi) is 5.44. The van der Waals surface area contributed by atoms with Gasteiger partial charge >= 0.3 is 0 Å². The number of aliphatic hydroxyl groups is 1. The molecule has 0 heterocycles. The molecule has 2 aliphatic rings. The number of hydrogen-bond acceptors (Lipinski definition) is 2. The molecule has 106 valence electrons. The first-order valence-electron chi connectivity index (χ1n) is 8.00. The second-order valence-corrected chi connectivity index (χ2v) is 6.93. The number of hydrogen-bond donors (Lipinski definition) is 2. The zero-order chi connectivity index (χ0) is 13.0. The molecule has 0 saturated heterocycles. The molecule has 0 spiro atoms. The summed E-state index contributed by atoms with van der Waals surface area (Å²) in [6.45, 7) is 2.03. The first-order valence-corrected chi connectivity index (χ1v) is 8.64. The largest absolute Gasteiger partial charge is 0.393 e. The summed E-state index contributed by atoms with van der Waals surface area (Å²) in [7, 11) is 0. The normalized spacial score (nSPS) is 26.2. The third-order valence-corrected chi connectivity index (χ3v) is 6.33. The van der Waals surface area contributed by atoms with Crippen molar-refractivity contribution >= 4 is 12.6 Å². The summed E-state index contributed by atoms with van der Waals surface area (Å²) in [5.74, 6) is 2.30. The molecule has 0 aromatic heterocycles. The highest BCUT2D eigenvalue weighted by molar-refractivity contribution is 7.80. The summed E-state index contributed by atoms with van der Waals surface area (Å²) in [5.41, 5.74) is 0.101. The average molecular weight is 270 g/mol. The van der Waals surface area contributed by atoms with E-state index in [1.54, 1.807) is 0 Å². The van der Waals surface area contributed by atoms with Gasteiger partial charge in [-0.2, -0.15) is 12.6 Å². The molecule has 18 heavy (non-hydrogen) atoms. The van der Waals surface area contributed by atoms with Crippen molar-refractivity contribution in [2.45, 2.75) is 77.2 Å². The maximum atomic E-state index is 10.5. The molecule has 2 fully saturated rings. The second-order valence-electron chi connectivity index (χ2n) is 6.62. The van der Waals surface area contributed by atoms with E-state index in [1.165, 1.54) is 64.2 Å². The van der Waals surface area contributed by atoms with Gasteiger partial charge in [0.25, 0.3) is 0 Å². The van der Waals surface area contributed by atoms with Crippen molar-refractivity contribution in [2.24, 2.45) is 17.3 Å². The van der Waals surface area contributed by atoms with Gasteiger partial charge in [0.1, 0.15) is 0 Å². The van der Waals surface area contributed by atoms with Crippen molar-refractivity contribution < 1.29 is 5.11 Å². The Bertz CT molecular complexity index is 221. The fourth-order valence-corrected chi connectivity index (χ4v) is 5.47. The smallest absolute Gasteiger partial charge is 0.0581 e. The van der Waals surface area contributed by atoms with Crippen molar-refractivity contribution in [3.63, 3.8) is 0 Å². The van der Waals surface area contributed by atoms with Crippen LogP contribution in [0, 0.1) is 17.3 Å². The molecule has 0 bridgehead atoms. The van der Waals surface area contributed by atoms with E-state index in [0.29, 0.717) is 11.8 Å². The van der Waals surface area contributed by atoms with Crippen LogP contribution in [0.1, 0.15) is 71.1 Å². The molecule has 0 aromatic carbocycles. The van der Waals surface area contributed by atoms with Gasteiger partial charge in [-0.1, -0.05) is 38.5 Å². The van der Waals surface area contributed by atoms with E-state index in [1.807, 2.05) is 6.92 Å². The maximum Gasteiger partial charge on any atom is 0.0581 e. The molecule has 1 atom stereocenters. The molecule has 1 nitrogen and oxygen atoms in total. The standard InChI is InChI=1S/C16H30OS/c1-13(17)16(12-18,14-8-4-2-5-9-14)15-10-6-3-7-11-15/h13-15,17-18H,2-12H2,1H3. The topological polar surface area (TPSA) is 20.2 Å². The van der Waals surface area contributed by atoms with Crippen LogP contribution in [0.15, 0.2) is 0 Å². The lowest BCUT2D eigenvalue weighted by molar-refractivity contribution is -0.0602. The summed E-state index contributed by atoms with van der Waals surface area (Å²) >= 11 is 4.70. The Balaban J connectivity index is 2.19. The molecule has 2 saturated carbocycles. The third-order valence-electron chi connectivity index (χ3n) is 5.78. The van der Waals surface area contributed by atoms with Gasteiger partial charge in [-0.3, -0.25) is 0 Å². The molecule has 2 aliphatic carbocycles. The fourth-order valence-electron chi connectivity index (χ4n) is 4.69. The Morgan fingerprint density at radius 3 is 1.61 bits per heavy atom. The molecule has 0 amide bonds. The minimum Gasteiger partial charge on any atom is -0.393 e. The van der Waals surface area contributed by atoms with E-state index in [0.717, 1.165) is 5.75 Å². The maximum absolute atomic E-state index is 10.5. The Labute approximate surface area is 118 Å². The van der Waals surface area contributed by atoms with Crippen molar-refractivity contribution in [1.82, 2.24) is 0 Å². The van der Waals surface area contributed by atoms with E-state index in [-0.39, 0.29) is 11.5 Å². The molecule has 2 rings (SSSR count). The lowest BCUT2D eigenvalue weighted by Gasteiger charge is -2.50. The van der Waals surface area contributed by atoms with Crippen LogP contribution < -0.4 is 0 Å². The first-order chi connectivity index (χ1) is 8.71. The summed E-state index contributed by atoms with van der Waals surface area (Å²) in [6, 6.07) is 0. The van der Waals surface area contributed by atoms with Crippen LogP contribution in [0.2, 0.25) is 0 Å². The van der Waals surface area contributed by atoms with E-state index < -0.39 is 0 Å². The Morgan fingerprint density at radius 2 is 1.33 bits per heavy atom. The Hall–Kier alpha value is 0.310. The quantitative estimate of drug-likeness (QED) is 0.723. The summed E-state index contributed by atoms with van der Waals surface area (Å²) in [5, 5.41) is 10.5. The fraction of sp³-hybridized carbons (Fsp3) is 1.00. The van der Waals surface area contributed by atoms with Crippen molar-refractivity contribution in [3.05, 3.63) is 0 Å². The van der Waals surface area contributed by atoms with Gasteiger partial charge in [0, 0.05) is 5.41 Å². The highest BCUT2D eigenvalue weighted by Gasteiger charge is 2.47. The van der Waals surface area contributed by atoms with Crippen LogP contribution in [0.3, 0.4) is 0 Å². The van der Waals surface area contributed by atoms with Crippen molar-refractivity contribution in [1.29, 1.82) is 0 Å². The van der Waals surface area contributed by atoms with E-state index in [2.05, 4.69) is 0 Å². The zero-order valence-corrected chi connectivity index (χ0v) is 12.8. The third kappa shape index (κ3) is 2.75. The zero-order valence-electron chi connectivity index (χ0n) is 11.9. The van der Waals surface area contributed by atoms with E-state index in [4.69, 9.17) is 12.6 Å². The van der Waals surface area contributed by atoms with Gasteiger partial charge in [-0.25, -0.2) is 0 Å². The lowest BCUT2D eigenvalue weighted by atomic mass is 9.57. The lowest BCUT2D eigenvalue weighted by Crippen LogP contribution is -2.49. The van der Waals surface area contributed by atoms with Gasteiger partial charge in [0.2, 0.25) is 0 Å². The molecule has 2 heteroatoms. The predicted octanol–water partition coefficient (Wildman–Crippen LogP) is 4.44. The van der Waals surface area contributed by atoms with Crippen LogP contribution >= 0.6 is 12.6 Å². The SMILES string of the molecule is CC(O)C(CS)(C1CCCCC1)C1CCCCC1. The monoisotopic (exact) mass is 270 g/mol. The second kappa shape index (κ2) is 6.65. The predicted molar refractivity (Wildman–Crippen MR) is 81.1 cm³/mol. The minimum absolute atomic E-state index is 0.101. The summed E-state index contributed by atoms with van der Waals surface area (Å²) < 4.78 is 0. The number of rotatable bonds is 4. The molecule has 1 N–H and O–H groups in total. The number of aliphatic hydroxyl groups excluding tert-OH is 1. The van der Waals surface area contributed by atoms with Crippen LogP contribution in [0.5, 0.6) is 0 Å². The summed E-state index contributed by atoms with van der Waals surface area (Å²) in [6.07, 6.45) is 13.3. The average Bonchev–Trinajstić information content (AvgIpc) is 2.42. The highest BCUT2D eigenvalue weighted by Crippen LogP contribution is 2.51. The molecule has 0 radical (unpaired) electrons. The van der Waals surface area contributed by atoms with Gasteiger partial charge in [-0.05, 0) is 50.2 Å². The summed E-state index contributed by atoms with van der Waals surface area (Å²) in [4.78, 5) is 0. The van der Waals surface area contributed by atoms with E-state index in [9.17, 15) is 5.11 Å².